The van der Waals surface area contributed by atoms with Gasteiger partial charge in [0.2, 0.25) is 11.8 Å². The molecule has 2 N–H and O–H groups in total. The Bertz CT molecular complexity index is 251. The van der Waals surface area contributed by atoms with E-state index in [1.54, 1.807) is 13.8 Å². The number of carbonyl (C=O) groups excluding carboxylic acids is 2. The molecule has 0 bridgehead atoms. The lowest BCUT2D eigenvalue weighted by atomic mass is 10.1. The van der Waals surface area contributed by atoms with Crippen molar-refractivity contribution in [2.24, 2.45) is 0 Å². The Kier molecular flexibility index (Phi) is 3.99. The third kappa shape index (κ3) is 4.86. The first kappa shape index (κ1) is 11.5. The van der Waals surface area contributed by atoms with Gasteiger partial charge in [0.1, 0.15) is 6.42 Å². The predicted octanol–water partition coefficient (Wildman–Crippen LogP) is -0.350. The average molecular weight is 182 g/mol. The fraction of sp³-hybridized carbons (Fsp3) is 0.556. The van der Waals surface area contributed by atoms with E-state index in [1.165, 1.54) is 7.05 Å². The fourth-order valence-electron chi connectivity index (χ4n) is 0.663. The van der Waals surface area contributed by atoms with Crippen molar-refractivity contribution >= 4 is 11.8 Å². The second-order valence-corrected chi connectivity index (χ2v) is 3.17. The first-order valence-corrected chi connectivity index (χ1v) is 3.90. The van der Waals surface area contributed by atoms with Crippen molar-refractivity contribution in [2.75, 3.05) is 7.05 Å². The quantitative estimate of drug-likeness (QED) is 0.463. The Morgan fingerprint density at radius 1 is 1.38 bits per heavy atom. The van der Waals surface area contributed by atoms with Gasteiger partial charge < -0.3 is 10.6 Å². The van der Waals surface area contributed by atoms with Crippen LogP contribution in [0.5, 0.6) is 0 Å². The molecule has 4 heteroatoms. The maximum atomic E-state index is 11.1. The Morgan fingerprint density at radius 2 is 1.92 bits per heavy atom. The molecule has 0 atom stereocenters. The Labute approximate surface area is 78.1 Å². The predicted molar refractivity (Wildman–Crippen MR) is 49.7 cm³/mol. The lowest BCUT2D eigenvalue weighted by molar-refractivity contribution is -0.129. The third-order valence-corrected chi connectivity index (χ3v) is 1.41. The molecular formula is C9H14N2O2. The summed E-state index contributed by atoms with van der Waals surface area (Å²) in [5.74, 6) is 1.70. The summed E-state index contributed by atoms with van der Waals surface area (Å²) in [6.45, 7) is 3.38. The summed E-state index contributed by atoms with van der Waals surface area (Å²) in [4.78, 5) is 21.9. The normalized spacial score (nSPS) is 10.0. The zero-order valence-electron chi connectivity index (χ0n) is 8.10. The zero-order chi connectivity index (χ0) is 10.5. The van der Waals surface area contributed by atoms with E-state index < -0.39 is 5.54 Å². The van der Waals surface area contributed by atoms with E-state index in [1.807, 2.05) is 0 Å². The molecule has 0 aliphatic rings. The molecule has 0 radical (unpaired) electrons. The van der Waals surface area contributed by atoms with Crippen molar-refractivity contribution in [2.45, 2.75) is 25.8 Å². The molecule has 13 heavy (non-hydrogen) atoms. The SMILES string of the molecule is C#CC(C)(C)NC(=O)CC(=O)NC. The van der Waals surface area contributed by atoms with Gasteiger partial charge in [-0.2, -0.15) is 0 Å². The highest BCUT2D eigenvalue weighted by atomic mass is 16.2. The topological polar surface area (TPSA) is 58.2 Å². The molecule has 4 nitrogen and oxygen atoms in total. The molecule has 0 rings (SSSR count). The lowest BCUT2D eigenvalue weighted by Crippen LogP contribution is -2.43. The van der Waals surface area contributed by atoms with Crippen LogP contribution >= 0.6 is 0 Å². The maximum absolute atomic E-state index is 11.1. The van der Waals surface area contributed by atoms with Crippen LogP contribution in [0, 0.1) is 12.3 Å². The molecular weight excluding hydrogens is 168 g/mol. The minimum absolute atomic E-state index is 0.193. The van der Waals surface area contributed by atoms with Gasteiger partial charge in [-0.25, -0.2) is 0 Å². The van der Waals surface area contributed by atoms with Gasteiger partial charge in [-0.1, -0.05) is 5.92 Å². The molecule has 0 unspecified atom stereocenters. The number of amides is 2. The molecule has 0 aromatic rings. The van der Waals surface area contributed by atoms with Crippen molar-refractivity contribution in [3.05, 3.63) is 0 Å². The maximum Gasteiger partial charge on any atom is 0.230 e. The fourth-order valence-corrected chi connectivity index (χ4v) is 0.663. The minimum atomic E-state index is -0.703. The van der Waals surface area contributed by atoms with Crippen molar-refractivity contribution in [1.82, 2.24) is 10.6 Å². The lowest BCUT2D eigenvalue weighted by Gasteiger charge is -2.18. The molecule has 0 saturated carbocycles. The van der Waals surface area contributed by atoms with Gasteiger partial charge in [-0.15, -0.1) is 6.42 Å². The van der Waals surface area contributed by atoms with Gasteiger partial charge in [0.25, 0.3) is 0 Å². The van der Waals surface area contributed by atoms with Crippen molar-refractivity contribution in [1.29, 1.82) is 0 Å². The third-order valence-electron chi connectivity index (χ3n) is 1.41. The average Bonchev–Trinajstić information content (AvgIpc) is 2.03. The largest absolute Gasteiger partial charge is 0.359 e. The monoisotopic (exact) mass is 182 g/mol. The number of rotatable bonds is 3. The molecule has 0 heterocycles. The van der Waals surface area contributed by atoms with E-state index in [0.717, 1.165) is 0 Å². The number of terminal acetylenes is 1. The first-order valence-electron chi connectivity index (χ1n) is 3.90. The van der Waals surface area contributed by atoms with Crippen LogP contribution in [0.3, 0.4) is 0 Å². The van der Waals surface area contributed by atoms with Crippen LogP contribution in [0.4, 0.5) is 0 Å². The van der Waals surface area contributed by atoms with E-state index >= 15 is 0 Å². The highest BCUT2D eigenvalue weighted by Crippen LogP contribution is 1.98. The summed E-state index contributed by atoms with van der Waals surface area (Å²) in [6.07, 6.45) is 4.96. The van der Waals surface area contributed by atoms with Crippen molar-refractivity contribution in [3.63, 3.8) is 0 Å². The van der Waals surface area contributed by atoms with Crippen molar-refractivity contribution in [3.8, 4) is 12.3 Å². The molecule has 0 fully saturated rings. The van der Waals surface area contributed by atoms with Gasteiger partial charge in [0.15, 0.2) is 0 Å². The van der Waals surface area contributed by atoms with Crippen LogP contribution < -0.4 is 10.6 Å². The molecule has 72 valence electrons. The summed E-state index contributed by atoms with van der Waals surface area (Å²) >= 11 is 0. The van der Waals surface area contributed by atoms with Gasteiger partial charge in [-0.3, -0.25) is 9.59 Å². The van der Waals surface area contributed by atoms with Crippen LogP contribution in [-0.4, -0.2) is 24.4 Å². The highest BCUT2D eigenvalue weighted by molar-refractivity contribution is 5.97. The van der Waals surface area contributed by atoms with Crippen LogP contribution in [-0.2, 0) is 9.59 Å². The van der Waals surface area contributed by atoms with E-state index in [0.29, 0.717) is 0 Å². The van der Waals surface area contributed by atoms with E-state index in [2.05, 4.69) is 16.6 Å². The zero-order valence-corrected chi connectivity index (χ0v) is 8.10. The van der Waals surface area contributed by atoms with Gasteiger partial charge in [-0.05, 0) is 13.8 Å². The van der Waals surface area contributed by atoms with Gasteiger partial charge >= 0.3 is 0 Å². The molecule has 0 aromatic carbocycles. The smallest absolute Gasteiger partial charge is 0.230 e. The van der Waals surface area contributed by atoms with E-state index in [-0.39, 0.29) is 18.2 Å². The number of carbonyl (C=O) groups is 2. The summed E-state index contributed by atoms with van der Waals surface area (Å²) in [5, 5.41) is 4.88. The van der Waals surface area contributed by atoms with Crippen molar-refractivity contribution < 1.29 is 9.59 Å². The molecule has 0 aromatic heterocycles. The highest BCUT2D eigenvalue weighted by Gasteiger charge is 2.18. The van der Waals surface area contributed by atoms with Crippen LogP contribution in [0.2, 0.25) is 0 Å². The molecule has 0 saturated heterocycles. The summed E-state index contributed by atoms with van der Waals surface area (Å²) in [7, 11) is 1.47. The van der Waals surface area contributed by atoms with Gasteiger partial charge in [0, 0.05) is 7.05 Å². The number of nitrogens with one attached hydrogen (secondary N) is 2. The van der Waals surface area contributed by atoms with Crippen LogP contribution in [0.1, 0.15) is 20.3 Å². The Morgan fingerprint density at radius 3 is 2.31 bits per heavy atom. The standard InChI is InChI=1S/C9H14N2O2/c1-5-9(2,3)11-8(13)6-7(12)10-4/h1H,6H2,2-4H3,(H,10,12)(H,11,13). The molecule has 0 spiro atoms. The summed E-state index contributed by atoms with van der Waals surface area (Å²) in [6, 6.07) is 0. The second-order valence-electron chi connectivity index (χ2n) is 3.17. The second kappa shape index (κ2) is 4.51. The first-order chi connectivity index (χ1) is 5.91. The Hall–Kier alpha value is -1.50. The van der Waals surface area contributed by atoms with Crippen LogP contribution in [0.25, 0.3) is 0 Å². The molecule has 0 aliphatic heterocycles. The number of hydrogen-bond donors (Lipinski definition) is 2. The van der Waals surface area contributed by atoms with E-state index in [4.69, 9.17) is 6.42 Å². The minimum Gasteiger partial charge on any atom is -0.359 e. The van der Waals surface area contributed by atoms with E-state index in [9.17, 15) is 9.59 Å². The molecule has 2 amide bonds. The summed E-state index contributed by atoms with van der Waals surface area (Å²) < 4.78 is 0. The number of hydrogen-bond acceptors (Lipinski definition) is 2. The van der Waals surface area contributed by atoms with Crippen LogP contribution in [0.15, 0.2) is 0 Å². The Balaban J connectivity index is 4.04. The summed E-state index contributed by atoms with van der Waals surface area (Å²) in [5.41, 5.74) is -0.703. The van der Waals surface area contributed by atoms with Gasteiger partial charge in [0.05, 0.1) is 5.54 Å². The molecule has 0 aliphatic carbocycles.